The van der Waals surface area contributed by atoms with Gasteiger partial charge in [0.1, 0.15) is 5.78 Å². The van der Waals surface area contributed by atoms with E-state index in [0.717, 1.165) is 6.42 Å². The normalized spacial score (nSPS) is 14.7. The van der Waals surface area contributed by atoms with Crippen molar-refractivity contribution in [1.82, 2.24) is 0 Å². The fourth-order valence-corrected chi connectivity index (χ4v) is 2.41. The molecule has 15 heavy (non-hydrogen) atoms. The molecule has 1 heteroatoms. The molecule has 0 atom stereocenters. The van der Waals surface area contributed by atoms with Gasteiger partial charge in [0, 0.05) is 6.42 Å². The fraction of sp³-hybridized carbons (Fsp3) is 0.500. The second kappa shape index (κ2) is 4.61. The van der Waals surface area contributed by atoms with Gasteiger partial charge in [-0.25, -0.2) is 0 Å². The molecule has 0 radical (unpaired) electrons. The van der Waals surface area contributed by atoms with Crippen LogP contribution in [0.25, 0.3) is 0 Å². The van der Waals surface area contributed by atoms with Gasteiger partial charge >= 0.3 is 0 Å². The summed E-state index contributed by atoms with van der Waals surface area (Å²) >= 11 is 0. The molecule has 1 aliphatic carbocycles. The first-order valence-electron chi connectivity index (χ1n) is 5.86. The van der Waals surface area contributed by atoms with Gasteiger partial charge in [-0.3, -0.25) is 0 Å². The van der Waals surface area contributed by atoms with Crippen LogP contribution in [0.5, 0.6) is 0 Å². The molecule has 1 aromatic rings. The first kappa shape index (κ1) is 10.4. The summed E-state index contributed by atoms with van der Waals surface area (Å²) < 4.78 is 0. The molecule has 0 spiro atoms. The summed E-state index contributed by atoms with van der Waals surface area (Å²) in [5, 5.41) is 0. The molecule has 80 valence electrons. The lowest BCUT2D eigenvalue weighted by Gasteiger charge is -2.19. The van der Waals surface area contributed by atoms with Crippen LogP contribution in [0.3, 0.4) is 0 Å². The first-order chi connectivity index (χ1) is 7.27. The monoisotopic (exact) mass is 202 g/mol. The number of hydrogen-bond donors (Lipinski definition) is 0. The van der Waals surface area contributed by atoms with E-state index < -0.39 is 0 Å². The van der Waals surface area contributed by atoms with E-state index >= 15 is 0 Å². The lowest BCUT2D eigenvalue weighted by molar-refractivity contribution is -0.116. The number of ketones is 1. The number of carbonyl (C=O) groups excluding carboxylic acids is 1. The molecule has 0 heterocycles. The molecule has 0 bridgehead atoms. The zero-order valence-electron chi connectivity index (χ0n) is 9.38. The lowest BCUT2D eigenvalue weighted by atomic mass is 9.87. The van der Waals surface area contributed by atoms with Gasteiger partial charge in [0.25, 0.3) is 0 Å². The highest BCUT2D eigenvalue weighted by Gasteiger charge is 2.12. The van der Waals surface area contributed by atoms with Crippen molar-refractivity contribution in [3.8, 4) is 0 Å². The van der Waals surface area contributed by atoms with Gasteiger partial charge in [-0.05, 0) is 55.7 Å². The van der Waals surface area contributed by atoms with Gasteiger partial charge in [-0.2, -0.15) is 0 Å². The Labute approximate surface area is 91.5 Å². The predicted octanol–water partition coefficient (Wildman–Crippen LogP) is 3.09. The predicted molar refractivity (Wildman–Crippen MR) is 62.1 cm³/mol. The third-order valence-electron chi connectivity index (χ3n) is 3.24. The zero-order valence-corrected chi connectivity index (χ0v) is 9.38. The quantitative estimate of drug-likeness (QED) is 0.736. The highest BCUT2D eigenvalue weighted by molar-refractivity contribution is 5.75. The second-order valence-electron chi connectivity index (χ2n) is 4.46. The summed E-state index contributed by atoms with van der Waals surface area (Å²) in [6.45, 7) is 1.68. The third kappa shape index (κ3) is 2.47. The minimum absolute atomic E-state index is 0.295. The average molecular weight is 202 g/mol. The Morgan fingerprint density at radius 3 is 2.87 bits per heavy atom. The summed E-state index contributed by atoms with van der Waals surface area (Å²) in [5.74, 6) is 0.295. The van der Waals surface area contributed by atoms with Gasteiger partial charge in [-0.1, -0.05) is 18.2 Å². The maximum atomic E-state index is 11.0. The molecule has 1 aromatic carbocycles. The van der Waals surface area contributed by atoms with Crippen LogP contribution in [0, 0.1) is 0 Å². The van der Waals surface area contributed by atoms with E-state index in [-0.39, 0.29) is 0 Å². The molecule has 0 aliphatic heterocycles. The fourth-order valence-electron chi connectivity index (χ4n) is 2.41. The van der Waals surface area contributed by atoms with Crippen molar-refractivity contribution in [2.75, 3.05) is 0 Å². The Bertz CT molecular complexity index is 366. The van der Waals surface area contributed by atoms with Crippen molar-refractivity contribution in [1.29, 1.82) is 0 Å². The largest absolute Gasteiger partial charge is 0.300 e. The summed E-state index contributed by atoms with van der Waals surface area (Å²) in [6, 6.07) is 6.57. The smallest absolute Gasteiger partial charge is 0.130 e. The molecule has 0 fully saturated rings. The second-order valence-corrected chi connectivity index (χ2v) is 4.46. The van der Waals surface area contributed by atoms with Crippen molar-refractivity contribution in [2.45, 2.75) is 45.4 Å². The molecule has 0 amide bonds. The SMILES string of the molecule is CC(=O)CCc1cccc2c1CCCC2. The molecule has 1 nitrogen and oxygen atoms in total. The van der Waals surface area contributed by atoms with Crippen molar-refractivity contribution < 1.29 is 4.79 Å². The Hall–Kier alpha value is -1.11. The van der Waals surface area contributed by atoms with Crippen LogP contribution in [0.15, 0.2) is 18.2 Å². The molecule has 1 aliphatic rings. The molecule has 0 N–H and O–H groups in total. The van der Waals surface area contributed by atoms with Gasteiger partial charge in [-0.15, -0.1) is 0 Å². The van der Waals surface area contributed by atoms with Crippen LogP contribution >= 0.6 is 0 Å². The van der Waals surface area contributed by atoms with E-state index in [1.807, 2.05) is 0 Å². The minimum Gasteiger partial charge on any atom is -0.300 e. The number of hydrogen-bond acceptors (Lipinski definition) is 1. The van der Waals surface area contributed by atoms with Crippen LogP contribution in [0.1, 0.15) is 42.9 Å². The number of carbonyl (C=O) groups is 1. The topological polar surface area (TPSA) is 17.1 Å². The van der Waals surface area contributed by atoms with Crippen LogP contribution in [0.2, 0.25) is 0 Å². The van der Waals surface area contributed by atoms with Crippen LogP contribution in [0.4, 0.5) is 0 Å². The van der Waals surface area contributed by atoms with E-state index in [1.54, 1.807) is 6.92 Å². The number of benzene rings is 1. The van der Waals surface area contributed by atoms with Gasteiger partial charge in [0.2, 0.25) is 0 Å². The summed E-state index contributed by atoms with van der Waals surface area (Å²) in [6.07, 6.45) is 6.69. The molecule has 0 aromatic heterocycles. The Kier molecular flexibility index (Phi) is 3.20. The third-order valence-corrected chi connectivity index (χ3v) is 3.24. The van der Waals surface area contributed by atoms with Crippen molar-refractivity contribution in [3.05, 3.63) is 34.9 Å². The van der Waals surface area contributed by atoms with Crippen molar-refractivity contribution in [2.24, 2.45) is 0 Å². The van der Waals surface area contributed by atoms with E-state index in [4.69, 9.17) is 0 Å². The maximum absolute atomic E-state index is 11.0. The lowest BCUT2D eigenvalue weighted by Crippen LogP contribution is -2.07. The Morgan fingerprint density at radius 1 is 1.27 bits per heavy atom. The van der Waals surface area contributed by atoms with Crippen molar-refractivity contribution in [3.63, 3.8) is 0 Å². The molecule has 0 saturated carbocycles. The summed E-state index contributed by atoms with van der Waals surface area (Å²) in [5.41, 5.74) is 4.45. The highest BCUT2D eigenvalue weighted by Crippen LogP contribution is 2.25. The zero-order chi connectivity index (χ0) is 10.7. The Balaban J connectivity index is 2.19. The average Bonchev–Trinajstić information content (AvgIpc) is 2.26. The summed E-state index contributed by atoms with van der Waals surface area (Å²) in [7, 11) is 0. The highest BCUT2D eigenvalue weighted by atomic mass is 16.1. The van der Waals surface area contributed by atoms with E-state index in [9.17, 15) is 4.79 Å². The minimum atomic E-state index is 0.295. The Morgan fingerprint density at radius 2 is 2.07 bits per heavy atom. The van der Waals surface area contributed by atoms with E-state index in [2.05, 4.69) is 18.2 Å². The number of Topliss-reactive ketones (excluding diaryl/α,β-unsaturated/α-hetero) is 1. The van der Waals surface area contributed by atoms with Crippen LogP contribution in [-0.2, 0) is 24.1 Å². The van der Waals surface area contributed by atoms with Gasteiger partial charge in [0.15, 0.2) is 0 Å². The van der Waals surface area contributed by atoms with Gasteiger partial charge < -0.3 is 4.79 Å². The number of rotatable bonds is 3. The first-order valence-corrected chi connectivity index (χ1v) is 5.86. The standard InChI is InChI=1S/C14H18O/c1-11(15)9-10-13-7-4-6-12-5-2-3-8-14(12)13/h4,6-7H,2-3,5,8-10H2,1H3. The van der Waals surface area contributed by atoms with E-state index in [0.29, 0.717) is 12.2 Å². The molecular weight excluding hydrogens is 184 g/mol. The molecule has 2 rings (SSSR count). The van der Waals surface area contributed by atoms with Gasteiger partial charge in [0.05, 0.1) is 0 Å². The molecule has 0 saturated heterocycles. The maximum Gasteiger partial charge on any atom is 0.130 e. The van der Waals surface area contributed by atoms with Crippen molar-refractivity contribution >= 4 is 5.78 Å². The van der Waals surface area contributed by atoms with Crippen LogP contribution < -0.4 is 0 Å². The number of fused-ring (bicyclic) bond motifs is 1. The van der Waals surface area contributed by atoms with Crippen LogP contribution in [-0.4, -0.2) is 5.78 Å². The summed E-state index contributed by atoms with van der Waals surface area (Å²) in [4.78, 5) is 11.0. The molecular formula is C14H18O. The van der Waals surface area contributed by atoms with E-state index in [1.165, 1.54) is 42.4 Å². The molecule has 0 unspecified atom stereocenters. The number of aryl methyl sites for hydroxylation is 2.